The Balaban J connectivity index is 1.47. The number of esters is 1. The van der Waals surface area contributed by atoms with Gasteiger partial charge in [0.15, 0.2) is 0 Å². The smallest absolute Gasteiger partial charge is 0.364 e. The topological polar surface area (TPSA) is 122 Å². The van der Waals surface area contributed by atoms with Crippen LogP contribution in [0.4, 0.5) is 0 Å². The molecule has 0 bridgehead atoms. The molecule has 3 aromatic carbocycles. The molecule has 0 saturated heterocycles. The molecule has 0 saturated carbocycles. The summed E-state index contributed by atoms with van der Waals surface area (Å²) in [6.45, 7) is 9.94. The number of benzene rings is 3. The highest BCUT2D eigenvalue weighted by molar-refractivity contribution is 9.10. The molecule has 4 aromatic rings. The average molecular weight is 639 g/mol. The van der Waals surface area contributed by atoms with Crippen LogP contribution in [0.5, 0.6) is 23.0 Å². The van der Waals surface area contributed by atoms with Crippen molar-refractivity contribution in [2.75, 3.05) is 20.3 Å². The number of nitrogens with one attached hydrogen (secondary N) is 1. The minimum Gasteiger partial charge on any atom is -0.496 e. The SMILES string of the molecule is COc1ccc(Oc2c(C)cc(-n3nc(C(=O)OCCOc4ccc(C(C)(C)C)cc4)c(=O)[nH]c3=O)cc2C)cc1Br. The van der Waals surface area contributed by atoms with E-state index in [1.165, 1.54) is 5.56 Å². The van der Waals surface area contributed by atoms with E-state index in [0.29, 0.717) is 39.8 Å². The number of hydrogen-bond acceptors (Lipinski definition) is 8. The molecule has 0 aliphatic carbocycles. The van der Waals surface area contributed by atoms with Gasteiger partial charge in [-0.25, -0.2) is 9.59 Å². The van der Waals surface area contributed by atoms with Crippen molar-refractivity contribution in [3.8, 4) is 28.7 Å². The standard InChI is InChI=1S/C31H32BrN3O7/c1-18-15-21(16-19(2)27(18)42-23-11-12-25(39-6)24(32)17-23)35-30(38)33-28(36)26(34-35)29(37)41-14-13-40-22-9-7-20(8-10-22)31(3,4)5/h7-12,15-17H,13-14H2,1-6H3,(H,33,36,38). The lowest BCUT2D eigenvalue weighted by Crippen LogP contribution is -2.36. The fourth-order valence-electron chi connectivity index (χ4n) is 4.16. The van der Waals surface area contributed by atoms with E-state index in [1.807, 2.05) is 38.1 Å². The van der Waals surface area contributed by atoms with Crippen molar-refractivity contribution < 1.29 is 23.7 Å². The number of aromatic nitrogens is 3. The summed E-state index contributed by atoms with van der Waals surface area (Å²) in [6.07, 6.45) is 0. The van der Waals surface area contributed by atoms with Gasteiger partial charge in [-0.1, -0.05) is 32.9 Å². The minimum atomic E-state index is -0.977. The summed E-state index contributed by atoms with van der Waals surface area (Å²) < 4.78 is 23.9. The largest absolute Gasteiger partial charge is 0.496 e. The van der Waals surface area contributed by atoms with Crippen molar-refractivity contribution in [2.45, 2.75) is 40.0 Å². The van der Waals surface area contributed by atoms with E-state index in [4.69, 9.17) is 18.9 Å². The summed E-state index contributed by atoms with van der Waals surface area (Å²) in [5.41, 5.74) is 0.631. The van der Waals surface area contributed by atoms with Crippen LogP contribution in [0.25, 0.3) is 5.69 Å². The molecule has 0 amide bonds. The first-order chi connectivity index (χ1) is 19.9. The van der Waals surface area contributed by atoms with Crippen LogP contribution in [0, 0.1) is 13.8 Å². The summed E-state index contributed by atoms with van der Waals surface area (Å²) >= 11 is 3.45. The minimum absolute atomic E-state index is 0.0206. The quantitative estimate of drug-likeness (QED) is 0.185. The summed E-state index contributed by atoms with van der Waals surface area (Å²) in [5, 5.41) is 4.02. The Bertz CT molecular complexity index is 1700. The van der Waals surface area contributed by atoms with Crippen LogP contribution in [0.3, 0.4) is 0 Å². The maximum Gasteiger partial charge on any atom is 0.364 e. The molecule has 0 radical (unpaired) electrons. The molecule has 0 unspecified atom stereocenters. The van der Waals surface area contributed by atoms with Crippen molar-refractivity contribution in [3.05, 3.63) is 102 Å². The van der Waals surface area contributed by atoms with Crippen LogP contribution in [0.2, 0.25) is 0 Å². The van der Waals surface area contributed by atoms with Gasteiger partial charge in [0, 0.05) is 0 Å². The summed E-state index contributed by atoms with van der Waals surface area (Å²) in [4.78, 5) is 39.9. The number of nitrogens with zero attached hydrogens (tertiary/aromatic N) is 2. The fraction of sp³-hybridized carbons (Fsp3) is 0.290. The first kappa shape index (κ1) is 30.6. The normalized spacial score (nSPS) is 11.2. The van der Waals surface area contributed by atoms with Gasteiger partial charge < -0.3 is 18.9 Å². The highest BCUT2D eigenvalue weighted by atomic mass is 79.9. The Morgan fingerprint density at radius 2 is 1.60 bits per heavy atom. The molecule has 1 heterocycles. The third-order valence-electron chi connectivity index (χ3n) is 6.36. The first-order valence-electron chi connectivity index (χ1n) is 13.1. The van der Waals surface area contributed by atoms with Gasteiger partial charge in [0.1, 0.15) is 36.2 Å². The first-order valence-corrected chi connectivity index (χ1v) is 13.9. The fourth-order valence-corrected chi connectivity index (χ4v) is 4.68. The monoisotopic (exact) mass is 637 g/mol. The van der Waals surface area contributed by atoms with Crippen molar-refractivity contribution in [1.29, 1.82) is 0 Å². The number of methoxy groups -OCH3 is 1. The van der Waals surface area contributed by atoms with Crippen molar-refractivity contribution in [3.63, 3.8) is 0 Å². The van der Waals surface area contributed by atoms with Crippen LogP contribution in [0.15, 0.2) is 68.7 Å². The number of carbonyl (C=O) groups is 1. The Labute approximate surface area is 251 Å². The van der Waals surface area contributed by atoms with Gasteiger partial charge in [0.2, 0.25) is 5.69 Å². The zero-order valence-electron chi connectivity index (χ0n) is 24.2. The second kappa shape index (κ2) is 12.6. The molecule has 0 aliphatic rings. The number of aryl methyl sites for hydroxylation is 2. The molecular weight excluding hydrogens is 606 g/mol. The summed E-state index contributed by atoms with van der Waals surface area (Å²) in [6, 6.07) is 16.3. The van der Waals surface area contributed by atoms with E-state index >= 15 is 0 Å². The third kappa shape index (κ3) is 7.09. The second-order valence-electron chi connectivity index (χ2n) is 10.6. The number of carbonyl (C=O) groups excluding carboxylic acids is 1. The van der Waals surface area contributed by atoms with E-state index in [9.17, 15) is 14.4 Å². The lowest BCUT2D eigenvalue weighted by atomic mass is 9.87. The molecule has 11 heteroatoms. The zero-order chi connectivity index (χ0) is 30.6. The van der Waals surface area contributed by atoms with Crippen LogP contribution >= 0.6 is 15.9 Å². The van der Waals surface area contributed by atoms with E-state index in [2.05, 4.69) is 46.8 Å². The maximum atomic E-state index is 12.7. The Hall–Kier alpha value is -4.38. The Morgan fingerprint density at radius 1 is 0.952 bits per heavy atom. The van der Waals surface area contributed by atoms with Crippen molar-refractivity contribution in [2.24, 2.45) is 0 Å². The molecule has 0 fully saturated rings. The van der Waals surface area contributed by atoms with Crippen LogP contribution in [0.1, 0.15) is 48.0 Å². The van der Waals surface area contributed by atoms with Gasteiger partial charge in [-0.2, -0.15) is 9.78 Å². The van der Waals surface area contributed by atoms with E-state index in [-0.39, 0.29) is 18.6 Å². The molecule has 1 aromatic heterocycles. The molecule has 42 heavy (non-hydrogen) atoms. The van der Waals surface area contributed by atoms with E-state index in [1.54, 1.807) is 37.4 Å². The molecule has 10 nitrogen and oxygen atoms in total. The molecule has 0 spiro atoms. The van der Waals surface area contributed by atoms with Gasteiger partial charge in [0.25, 0.3) is 5.56 Å². The van der Waals surface area contributed by atoms with Gasteiger partial charge >= 0.3 is 11.7 Å². The highest BCUT2D eigenvalue weighted by Gasteiger charge is 2.19. The third-order valence-corrected chi connectivity index (χ3v) is 6.98. The second-order valence-corrected chi connectivity index (χ2v) is 11.4. The predicted molar refractivity (Wildman–Crippen MR) is 162 cm³/mol. The number of aromatic amines is 1. The van der Waals surface area contributed by atoms with Gasteiger partial charge in [-0.05, 0) is 94.3 Å². The number of hydrogen-bond donors (Lipinski definition) is 1. The van der Waals surface area contributed by atoms with Crippen LogP contribution in [-0.4, -0.2) is 41.1 Å². The molecule has 1 N–H and O–H groups in total. The van der Waals surface area contributed by atoms with E-state index < -0.39 is 22.9 Å². The number of rotatable bonds is 9. The molecular formula is C31H32BrN3O7. The van der Waals surface area contributed by atoms with E-state index in [0.717, 1.165) is 9.15 Å². The van der Waals surface area contributed by atoms with Crippen molar-refractivity contribution >= 4 is 21.9 Å². The van der Waals surface area contributed by atoms with Crippen molar-refractivity contribution in [1.82, 2.24) is 14.8 Å². The van der Waals surface area contributed by atoms with Gasteiger partial charge in [-0.15, -0.1) is 0 Å². The molecule has 220 valence electrons. The molecule has 4 rings (SSSR count). The van der Waals surface area contributed by atoms with Crippen LogP contribution < -0.4 is 25.5 Å². The molecule has 0 aliphatic heterocycles. The van der Waals surface area contributed by atoms with Crippen LogP contribution in [-0.2, 0) is 10.2 Å². The maximum absolute atomic E-state index is 12.7. The Morgan fingerprint density at radius 3 is 2.19 bits per heavy atom. The molecule has 0 atom stereocenters. The summed E-state index contributed by atoms with van der Waals surface area (Å²) in [5.74, 6) is 1.48. The van der Waals surface area contributed by atoms with Gasteiger partial charge in [-0.3, -0.25) is 9.78 Å². The van der Waals surface area contributed by atoms with Gasteiger partial charge in [0.05, 0.1) is 17.3 Å². The number of halogens is 1. The lowest BCUT2D eigenvalue weighted by Gasteiger charge is -2.19. The summed E-state index contributed by atoms with van der Waals surface area (Å²) in [7, 11) is 1.58. The highest BCUT2D eigenvalue weighted by Crippen LogP contribution is 2.34. The Kier molecular flexibility index (Phi) is 9.20. The number of H-pyrrole nitrogens is 1. The zero-order valence-corrected chi connectivity index (χ0v) is 25.8. The lowest BCUT2D eigenvalue weighted by molar-refractivity contribution is 0.0438. The average Bonchev–Trinajstić information content (AvgIpc) is 2.93. The number of ether oxygens (including phenoxy) is 4. The predicted octanol–water partition coefficient (Wildman–Crippen LogP) is 5.63.